The Hall–Kier alpha value is -11.3. The van der Waals surface area contributed by atoms with Gasteiger partial charge in [-0.05, 0) is 214 Å². The number of carboxylic acids is 2. The third-order valence-electron chi connectivity index (χ3n) is 22.6. The Bertz CT molecular complexity index is 6930. The first-order valence-corrected chi connectivity index (χ1v) is 42.0. The van der Waals surface area contributed by atoms with Crippen molar-refractivity contribution in [2.75, 3.05) is 30.4 Å². The molecule has 0 amide bonds. The summed E-state index contributed by atoms with van der Waals surface area (Å²) in [4.78, 5) is 114. The molecule has 0 bridgehead atoms. The molecule has 4 saturated carbocycles. The molecule has 124 heavy (non-hydrogen) atoms. The minimum Gasteiger partial charge on any atom is -0.477 e. The number of anilines is 3. The van der Waals surface area contributed by atoms with Gasteiger partial charge in [0.1, 0.15) is 63.0 Å². The van der Waals surface area contributed by atoms with E-state index in [4.69, 9.17) is 82.4 Å². The van der Waals surface area contributed by atoms with Crippen molar-refractivity contribution in [3.05, 3.63) is 243 Å². The van der Waals surface area contributed by atoms with Gasteiger partial charge in [0.05, 0.1) is 70.1 Å². The summed E-state index contributed by atoms with van der Waals surface area (Å²) in [5, 5.41) is 20.5. The van der Waals surface area contributed by atoms with Gasteiger partial charge in [0, 0.05) is 147 Å². The fourth-order valence-electron chi connectivity index (χ4n) is 15.2. The third kappa shape index (κ3) is 17.2. The largest absolute Gasteiger partial charge is 0.496 e. The molecule has 0 atom stereocenters. The fourth-order valence-corrected chi connectivity index (χ4v) is 16.4. The maximum absolute atomic E-state index is 15.2. The van der Waals surface area contributed by atoms with E-state index in [9.17, 15) is 57.4 Å². The molecule has 18 rings (SSSR count). The first-order chi connectivity index (χ1) is 58.7. The van der Waals surface area contributed by atoms with Crippen LogP contribution in [0.5, 0.6) is 0 Å². The molecule has 0 radical (unpaired) electrons. The van der Waals surface area contributed by atoms with Crippen LogP contribution in [-0.4, -0.2) is 108 Å². The fraction of sp³-hybridized carbons (Fsp3) is 0.295. The van der Waals surface area contributed by atoms with Crippen molar-refractivity contribution in [3.63, 3.8) is 0 Å². The molecule has 36 heteroatoms. The number of imidazole rings is 1. The Morgan fingerprint density at radius 2 is 0.798 bits per heavy atom. The summed E-state index contributed by atoms with van der Waals surface area (Å²) in [6.45, 7) is 18.7. The zero-order chi connectivity index (χ0) is 89.6. The number of carboxylic acid groups (broad SMARTS) is 2. The predicted molar refractivity (Wildman–Crippen MR) is 477 cm³/mol. The molecule has 1 saturated heterocycles. The minimum atomic E-state index is -1.33. The summed E-state index contributed by atoms with van der Waals surface area (Å²) in [6.07, 6.45) is 22.7. The summed E-state index contributed by atoms with van der Waals surface area (Å²) < 4.78 is 90.7. The maximum atomic E-state index is 15.2. The van der Waals surface area contributed by atoms with Gasteiger partial charge in [0.2, 0.25) is 21.7 Å². The van der Waals surface area contributed by atoms with E-state index in [0.717, 1.165) is 74.5 Å². The van der Waals surface area contributed by atoms with Gasteiger partial charge in [-0.3, -0.25) is 19.2 Å². The Balaban J connectivity index is 0.000000128. The topological polar surface area (TPSA) is 368 Å². The highest BCUT2D eigenvalue weighted by Crippen LogP contribution is 2.46. The lowest BCUT2D eigenvalue weighted by molar-refractivity contribution is 0.00578. The normalized spacial score (nSPS) is 15.0. The number of ether oxygens (including phenoxy) is 2. The number of pyridine rings is 8. The molecule has 9 aromatic heterocycles. The Kier molecular flexibility index (Phi) is 24.9. The molecular weight excluding hydrogens is 1800 g/mol. The minimum absolute atomic E-state index is 0.0266. The van der Waals surface area contributed by atoms with Crippen LogP contribution in [0.15, 0.2) is 130 Å². The molecule has 4 aromatic carbocycles. The molecule has 642 valence electrons. The molecule has 1 aliphatic heterocycles. The number of carbonyl (C=O) groups is 4. The lowest BCUT2D eigenvalue weighted by Crippen LogP contribution is -2.41. The number of aromatic carboxylic acids is 2. The smallest absolute Gasteiger partial charge is 0.477 e. The number of nitrogen functional groups attached to an aromatic ring is 3. The first kappa shape index (κ1) is 89.0. The van der Waals surface area contributed by atoms with Crippen LogP contribution >= 0.6 is 69.0 Å². The molecule has 13 aromatic rings. The van der Waals surface area contributed by atoms with Crippen molar-refractivity contribution in [1.29, 1.82) is 0 Å². The molecule has 8 N–H and O–H groups in total. The van der Waals surface area contributed by atoms with Crippen molar-refractivity contribution in [2.24, 2.45) is 0 Å². The highest BCUT2D eigenvalue weighted by molar-refractivity contribution is 14.1. The summed E-state index contributed by atoms with van der Waals surface area (Å²) in [6, 6.07) is 11.7. The van der Waals surface area contributed by atoms with E-state index < -0.39 is 76.0 Å². The summed E-state index contributed by atoms with van der Waals surface area (Å²) in [7, 11) is -0.453. The lowest BCUT2D eigenvalue weighted by Gasteiger charge is -2.32. The number of hydrogen-bond acceptors (Lipinski definition) is 19. The summed E-state index contributed by atoms with van der Waals surface area (Å²) in [5.41, 5.74) is 21.4. The standard InChI is InChI=1S/C21H15ClFN3O3.C21H19ClFN3O3.C19H15ClFN3O3.C16H15FINO3.C11H16BClN2O2/c1-10-17(11-6-15(22)20-24-4-5-25(20)8-11)16(23)7-13-18(10)26(12-2-3-12)9-14(19(13)27)21(28)29;1-3-29-21(28)14-9-26(12-4-5-12)18-10(2)17(16(23)7-13(18)19(14)27)11-6-15(22)20(24)25-8-11;1-8-15(9-4-13(20)18(22)23-6-9)14(21)5-11-16(8)24(10-2-3-10)7-12(17(11)25)19(26)27;1-3-22-16(21)11-7-19(9-4-5-9)14-8(2)13(18)12(17)6-10(14)15(11)20;1-10(2)11(3,4)17-12(16-10)7-5-8(13)9(14)15-6-7/h4-9,12H,2-3H2,1H3,(H,28,29);6-9,12H,3-5H2,1-2H3,(H2,24,25);4-7,10H,2-3H2,1H3,(H2,22,23)(H,26,27);6-7,9H,3-5H2,1-2H3;5-6H,1-4H3,(H2,14,15). The molecule has 5 aliphatic rings. The van der Waals surface area contributed by atoms with Crippen LogP contribution in [0.1, 0.15) is 181 Å². The number of aryl methyl sites for hydroxylation is 4. The van der Waals surface area contributed by atoms with Crippen molar-refractivity contribution in [3.8, 4) is 33.4 Å². The molecule has 5 fully saturated rings. The van der Waals surface area contributed by atoms with Crippen LogP contribution in [0.3, 0.4) is 0 Å². The molecular formula is C88H80BCl4F4IN12O14. The number of benzene rings is 4. The van der Waals surface area contributed by atoms with Crippen LogP contribution in [-0.2, 0) is 18.8 Å². The zero-order valence-electron chi connectivity index (χ0n) is 68.3. The second-order valence-electron chi connectivity index (χ2n) is 31.7. The summed E-state index contributed by atoms with van der Waals surface area (Å²) >= 11 is 26.3. The molecule has 4 aliphatic carbocycles. The second-order valence-corrected chi connectivity index (χ2v) is 34.4. The van der Waals surface area contributed by atoms with Gasteiger partial charge in [0.25, 0.3) is 0 Å². The Labute approximate surface area is 738 Å². The number of hydrogen-bond donors (Lipinski definition) is 5. The molecule has 10 heterocycles. The Morgan fingerprint density at radius 1 is 0.476 bits per heavy atom. The van der Waals surface area contributed by atoms with Crippen molar-refractivity contribution in [1.82, 2.24) is 42.6 Å². The monoisotopic (exact) mass is 1880 g/mol. The van der Waals surface area contributed by atoms with Crippen LogP contribution in [0, 0.1) is 54.5 Å². The van der Waals surface area contributed by atoms with E-state index in [1.807, 2.05) is 59.4 Å². The van der Waals surface area contributed by atoms with E-state index in [0.29, 0.717) is 91.7 Å². The van der Waals surface area contributed by atoms with Gasteiger partial charge in [-0.2, -0.15) is 0 Å². The van der Waals surface area contributed by atoms with Gasteiger partial charge in [-0.1, -0.05) is 46.4 Å². The molecule has 0 unspecified atom stereocenters. The van der Waals surface area contributed by atoms with E-state index in [2.05, 4.69) is 19.9 Å². The average Bonchev–Trinajstić information content (AvgIpc) is 0.910. The number of aromatic nitrogens is 9. The lowest BCUT2D eigenvalue weighted by atomic mass is 9.80. The van der Waals surface area contributed by atoms with Crippen LogP contribution in [0.4, 0.5) is 35.0 Å². The highest BCUT2D eigenvalue weighted by atomic mass is 127. The van der Waals surface area contributed by atoms with Crippen molar-refractivity contribution >= 4 is 172 Å². The predicted octanol–water partition coefficient (Wildman–Crippen LogP) is 17.7. The highest BCUT2D eigenvalue weighted by Gasteiger charge is 2.52. The van der Waals surface area contributed by atoms with Crippen LogP contribution in [0.2, 0.25) is 20.1 Å². The number of carbonyl (C=O) groups excluding carboxylic acids is 2. The third-order valence-corrected chi connectivity index (χ3v) is 25.2. The van der Waals surface area contributed by atoms with Gasteiger partial charge in [0.15, 0.2) is 5.65 Å². The van der Waals surface area contributed by atoms with Gasteiger partial charge in [-0.25, -0.2) is 56.7 Å². The number of rotatable bonds is 14. The number of halogens is 9. The van der Waals surface area contributed by atoms with Crippen molar-refractivity contribution < 1.29 is 65.7 Å². The Morgan fingerprint density at radius 3 is 1.15 bits per heavy atom. The van der Waals surface area contributed by atoms with Gasteiger partial charge >= 0.3 is 31.0 Å². The van der Waals surface area contributed by atoms with Crippen LogP contribution < -0.4 is 44.4 Å². The van der Waals surface area contributed by atoms with E-state index in [1.54, 1.807) is 104 Å². The van der Waals surface area contributed by atoms with Crippen molar-refractivity contribution in [2.45, 2.75) is 156 Å². The zero-order valence-corrected chi connectivity index (χ0v) is 73.5. The van der Waals surface area contributed by atoms with E-state index in [1.165, 1.54) is 49.2 Å². The summed E-state index contributed by atoms with van der Waals surface area (Å²) in [5.74, 6) is -5.68. The van der Waals surface area contributed by atoms with E-state index >= 15 is 8.78 Å². The number of fused-ring (bicyclic) bond motifs is 5. The number of nitrogens with zero attached hydrogens (tertiary/aromatic N) is 9. The number of esters is 2. The van der Waals surface area contributed by atoms with Gasteiger partial charge < -0.3 is 68.9 Å². The average molecular weight is 1890 g/mol. The second kappa shape index (κ2) is 34.7. The van der Waals surface area contributed by atoms with Gasteiger partial charge in [-0.15, -0.1) is 0 Å². The quantitative estimate of drug-likeness (QED) is 0.0292. The first-order valence-electron chi connectivity index (χ1n) is 39.4. The SMILES string of the molecule is CC1(C)OB(c2cnc(N)c(Cl)c2)OC1(C)C.CCOC(=O)c1cn(C2CC2)c2c(C)c(-c3cnc(N)c(Cl)c3)c(F)cc2c1=O.CCOC(=O)c1cn(C2CC2)c2c(C)c(I)c(F)cc2c1=O.Cc1c(-c2cc(Cl)c3nccn3c2)c(F)cc2c(=O)c(C(=O)O)cn(C3CC3)c12.Cc1c(-c2cnc(N)c(Cl)c2)c(F)cc2c(=O)c(C(=O)O)cn(C3CC3)c12. The van der Waals surface area contributed by atoms with E-state index in [-0.39, 0.29) is 120 Å². The maximum Gasteiger partial charge on any atom is 0.496 e. The molecule has 0 spiro atoms. The number of nitrogens with two attached hydrogens (primary N) is 3. The van der Waals surface area contributed by atoms with Crippen LogP contribution in [0.25, 0.3) is 82.6 Å². The molecule has 26 nitrogen and oxygen atoms in total.